The molecule has 3 aromatic rings. The summed E-state index contributed by atoms with van der Waals surface area (Å²) in [4.78, 5) is 0.408. The summed E-state index contributed by atoms with van der Waals surface area (Å²) < 4.78 is 36.7. The first-order valence-corrected chi connectivity index (χ1v) is 13.4. The van der Waals surface area contributed by atoms with Crippen LogP contribution in [0.1, 0.15) is 93.2 Å². The number of sulfonamides is 1. The molecule has 1 N–H and O–H groups in total. The fraction of sp³-hybridized carbons (Fsp3) is 0.379. The molecule has 0 spiro atoms. The molecule has 34 heavy (non-hydrogen) atoms. The monoisotopic (exact) mass is 479 g/mol. The smallest absolute Gasteiger partial charge is 0.242 e. The molecule has 0 bridgehead atoms. The zero-order chi connectivity index (χ0) is 25.0. The second-order valence-electron chi connectivity index (χ2n) is 9.73. The molecule has 5 heteroatoms. The van der Waals surface area contributed by atoms with Gasteiger partial charge in [-0.25, -0.2) is 8.42 Å². The largest absolute Gasteiger partial charge is 0.497 e. The Morgan fingerprint density at radius 3 is 1.74 bits per heavy atom. The Bertz CT molecular complexity index is 1190. The number of hydrogen-bond donors (Lipinski definition) is 1. The lowest BCUT2D eigenvalue weighted by Gasteiger charge is -2.26. The van der Waals surface area contributed by atoms with Crippen molar-refractivity contribution in [2.75, 3.05) is 7.11 Å². The van der Waals surface area contributed by atoms with Crippen LogP contribution in [0.4, 0.5) is 0 Å². The van der Waals surface area contributed by atoms with E-state index in [4.69, 9.17) is 4.74 Å². The molecule has 0 aromatic heterocycles. The Hall–Kier alpha value is -2.63. The highest BCUT2D eigenvalue weighted by molar-refractivity contribution is 7.89. The van der Waals surface area contributed by atoms with Crippen LogP contribution in [0.5, 0.6) is 5.75 Å². The minimum atomic E-state index is -3.86. The molecule has 0 aliphatic rings. The molecule has 4 nitrogen and oxygen atoms in total. The quantitative estimate of drug-likeness (QED) is 0.355. The van der Waals surface area contributed by atoms with Crippen molar-refractivity contribution in [3.63, 3.8) is 0 Å². The maximum absolute atomic E-state index is 14.1. The van der Waals surface area contributed by atoms with Gasteiger partial charge < -0.3 is 4.74 Å². The van der Waals surface area contributed by atoms with E-state index in [1.54, 1.807) is 7.11 Å². The zero-order valence-corrected chi connectivity index (χ0v) is 22.1. The number of hydrogen-bond acceptors (Lipinski definition) is 3. The van der Waals surface area contributed by atoms with Crippen molar-refractivity contribution >= 4 is 10.0 Å². The van der Waals surface area contributed by atoms with E-state index in [1.807, 2.05) is 54.6 Å². The van der Waals surface area contributed by atoms with E-state index in [0.717, 1.165) is 22.3 Å². The Labute approximate surface area is 205 Å². The molecular weight excluding hydrogens is 442 g/mol. The molecule has 1 atom stereocenters. The number of methoxy groups -OCH3 is 1. The van der Waals surface area contributed by atoms with Gasteiger partial charge in [-0.3, -0.25) is 0 Å². The van der Waals surface area contributed by atoms with Crippen molar-refractivity contribution in [1.82, 2.24) is 4.72 Å². The molecule has 0 aliphatic carbocycles. The van der Waals surface area contributed by atoms with Gasteiger partial charge in [0.05, 0.1) is 18.0 Å². The van der Waals surface area contributed by atoms with E-state index in [0.29, 0.717) is 16.6 Å². The Morgan fingerprint density at radius 2 is 1.24 bits per heavy atom. The van der Waals surface area contributed by atoms with Crippen molar-refractivity contribution < 1.29 is 13.2 Å². The van der Waals surface area contributed by atoms with Gasteiger partial charge in [-0.15, -0.1) is 0 Å². The average molecular weight is 480 g/mol. The third kappa shape index (κ3) is 5.70. The third-order valence-electron chi connectivity index (χ3n) is 6.18. The van der Waals surface area contributed by atoms with Crippen molar-refractivity contribution in [1.29, 1.82) is 0 Å². The van der Waals surface area contributed by atoms with Crippen LogP contribution in [0.3, 0.4) is 0 Å². The van der Waals surface area contributed by atoms with E-state index in [2.05, 4.69) is 58.4 Å². The van der Waals surface area contributed by atoms with Crippen LogP contribution in [0, 0.1) is 0 Å². The highest BCUT2D eigenvalue weighted by atomic mass is 32.2. The summed E-state index contributed by atoms with van der Waals surface area (Å²) in [5.41, 5.74) is 4.58. The topological polar surface area (TPSA) is 55.4 Å². The minimum Gasteiger partial charge on any atom is -0.497 e. The summed E-state index contributed by atoms with van der Waals surface area (Å²) in [6.07, 6.45) is 0. The predicted molar refractivity (Wildman–Crippen MR) is 140 cm³/mol. The van der Waals surface area contributed by atoms with Gasteiger partial charge in [0.25, 0.3) is 0 Å². The molecular formula is C29H37NO3S. The summed E-state index contributed by atoms with van der Waals surface area (Å²) in [6, 6.07) is 20.8. The van der Waals surface area contributed by atoms with Crippen molar-refractivity contribution in [2.24, 2.45) is 0 Å². The fourth-order valence-corrected chi connectivity index (χ4v) is 6.12. The molecule has 0 fully saturated rings. The third-order valence-corrected chi connectivity index (χ3v) is 7.74. The molecule has 0 saturated heterocycles. The van der Waals surface area contributed by atoms with Gasteiger partial charge in [0.15, 0.2) is 0 Å². The second kappa shape index (κ2) is 10.7. The summed E-state index contributed by atoms with van der Waals surface area (Å²) in [5, 5.41) is 0. The summed E-state index contributed by atoms with van der Waals surface area (Å²) >= 11 is 0. The van der Waals surface area contributed by atoms with Gasteiger partial charge in [0.1, 0.15) is 5.75 Å². The number of rotatable bonds is 9. The molecule has 0 aliphatic heterocycles. The van der Waals surface area contributed by atoms with Crippen molar-refractivity contribution in [3.8, 4) is 5.75 Å². The Morgan fingerprint density at radius 1 is 0.676 bits per heavy atom. The van der Waals surface area contributed by atoms with Crippen molar-refractivity contribution in [3.05, 3.63) is 94.5 Å². The van der Waals surface area contributed by atoms with E-state index in [1.165, 1.54) is 5.56 Å². The normalized spacial score (nSPS) is 13.0. The standard InChI is InChI=1S/C29H37NO3S/c1-19(2)24-17-26(20(3)4)29(27(18-24)21(5)6)34(31,32)30-28(22-12-9-8-10-13-22)23-14-11-15-25(16-23)33-7/h8-21,28,30H,1-7H3/t28-/m0/s1. The van der Waals surface area contributed by atoms with Gasteiger partial charge >= 0.3 is 0 Å². The first-order valence-electron chi connectivity index (χ1n) is 11.9. The lowest BCUT2D eigenvalue weighted by Crippen LogP contribution is -2.31. The van der Waals surface area contributed by atoms with E-state index in [-0.39, 0.29) is 11.8 Å². The minimum absolute atomic E-state index is 0.0646. The molecule has 0 saturated carbocycles. The van der Waals surface area contributed by atoms with Crippen molar-refractivity contribution in [2.45, 2.75) is 70.2 Å². The van der Waals surface area contributed by atoms with Crippen LogP contribution < -0.4 is 9.46 Å². The molecule has 0 unspecified atom stereocenters. The first-order chi connectivity index (χ1) is 16.0. The lowest BCUT2D eigenvalue weighted by molar-refractivity contribution is 0.414. The van der Waals surface area contributed by atoms with Gasteiger partial charge in [-0.1, -0.05) is 96.1 Å². The Kier molecular flexibility index (Phi) is 8.21. The number of benzene rings is 3. The van der Waals surface area contributed by atoms with Crippen LogP contribution >= 0.6 is 0 Å². The number of ether oxygens (including phenoxy) is 1. The summed E-state index contributed by atoms with van der Waals surface area (Å²) in [7, 11) is -2.25. The van der Waals surface area contributed by atoms with Crippen LogP contribution in [-0.4, -0.2) is 15.5 Å². The molecule has 0 heterocycles. The molecule has 3 aromatic carbocycles. The van der Waals surface area contributed by atoms with Gasteiger partial charge in [0.2, 0.25) is 10.0 Å². The van der Waals surface area contributed by atoms with Crippen LogP contribution in [0.2, 0.25) is 0 Å². The number of nitrogens with one attached hydrogen (secondary N) is 1. The van der Waals surface area contributed by atoms with Gasteiger partial charge in [0, 0.05) is 0 Å². The zero-order valence-electron chi connectivity index (χ0n) is 21.3. The summed E-state index contributed by atoms with van der Waals surface area (Å²) in [6.45, 7) is 12.5. The van der Waals surface area contributed by atoms with E-state index < -0.39 is 16.1 Å². The Balaban J connectivity index is 2.21. The van der Waals surface area contributed by atoms with Crippen LogP contribution in [-0.2, 0) is 10.0 Å². The highest BCUT2D eigenvalue weighted by Crippen LogP contribution is 2.36. The SMILES string of the molecule is COc1cccc([C@@H](NS(=O)(=O)c2c(C(C)C)cc(C(C)C)cc2C(C)C)c2ccccc2)c1. The summed E-state index contributed by atoms with van der Waals surface area (Å²) in [5.74, 6) is 1.13. The van der Waals surface area contributed by atoms with E-state index >= 15 is 0 Å². The molecule has 0 radical (unpaired) electrons. The fourth-order valence-electron chi connectivity index (χ4n) is 4.21. The molecule has 0 amide bonds. The van der Waals surface area contributed by atoms with Crippen LogP contribution in [0.15, 0.2) is 71.6 Å². The first kappa shape index (κ1) is 26.0. The van der Waals surface area contributed by atoms with E-state index in [9.17, 15) is 8.42 Å². The van der Waals surface area contributed by atoms with Gasteiger partial charge in [-0.2, -0.15) is 4.72 Å². The highest BCUT2D eigenvalue weighted by Gasteiger charge is 2.30. The molecule has 3 rings (SSSR count). The van der Waals surface area contributed by atoms with Crippen LogP contribution in [0.25, 0.3) is 0 Å². The maximum Gasteiger partial charge on any atom is 0.242 e. The average Bonchev–Trinajstić information content (AvgIpc) is 2.82. The maximum atomic E-state index is 14.1. The van der Waals surface area contributed by atoms with Gasteiger partial charge in [-0.05, 0) is 57.7 Å². The lowest BCUT2D eigenvalue weighted by atomic mass is 9.89. The molecule has 182 valence electrons. The predicted octanol–water partition coefficient (Wildman–Crippen LogP) is 7.13. The second-order valence-corrected chi connectivity index (χ2v) is 11.4.